The first-order valence-electron chi connectivity index (χ1n) is 9.54. The van der Waals surface area contributed by atoms with Crippen LogP contribution in [-0.4, -0.2) is 35.8 Å². The fourth-order valence-electron chi connectivity index (χ4n) is 2.88. The molecule has 0 bridgehead atoms. The van der Waals surface area contributed by atoms with E-state index in [2.05, 4.69) is 15.3 Å². The molecular formula is C23H25N3O3S. The molecule has 0 saturated carbocycles. The first-order chi connectivity index (χ1) is 14.5. The lowest BCUT2D eigenvalue weighted by Crippen LogP contribution is -2.28. The van der Waals surface area contributed by atoms with Gasteiger partial charge in [0.2, 0.25) is 5.91 Å². The maximum atomic E-state index is 12.4. The molecule has 1 heterocycles. The minimum Gasteiger partial charge on any atom is -0.497 e. The first-order valence-corrected chi connectivity index (χ1v) is 10.5. The normalized spacial score (nSPS) is 11.6. The van der Waals surface area contributed by atoms with Gasteiger partial charge in [-0.25, -0.2) is 9.97 Å². The Kier molecular flexibility index (Phi) is 7.30. The molecule has 0 fully saturated rings. The standard InChI is InChI=1S/C23H25N3O3S/c1-15-13-22(26-23(24-15)18-7-11-20(29-4)12-8-18)30-14-21(27)25-16(2)17-5-9-19(28-3)10-6-17/h5-13,16H,14H2,1-4H3,(H,25,27)/t16-/m0/s1. The summed E-state index contributed by atoms with van der Waals surface area (Å²) in [4.78, 5) is 21.5. The number of ether oxygens (including phenoxy) is 2. The first kappa shape index (κ1) is 21.6. The number of aromatic nitrogens is 2. The number of nitrogens with one attached hydrogen (secondary N) is 1. The van der Waals surface area contributed by atoms with E-state index in [-0.39, 0.29) is 17.7 Å². The van der Waals surface area contributed by atoms with Crippen molar-refractivity contribution in [1.29, 1.82) is 0 Å². The van der Waals surface area contributed by atoms with Crippen LogP contribution in [0.1, 0.15) is 24.2 Å². The van der Waals surface area contributed by atoms with Crippen LogP contribution in [-0.2, 0) is 4.79 Å². The molecule has 0 radical (unpaired) electrons. The van der Waals surface area contributed by atoms with Gasteiger partial charge in [0, 0.05) is 11.3 Å². The number of carbonyl (C=O) groups excluding carboxylic acids is 1. The zero-order valence-electron chi connectivity index (χ0n) is 17.5. The van der Waals surface area contributed by atoms with E-state index in [1.165, 1.54) is 11.8 Å². The Morgan fingerprint density at radius 3 is 2.20 bits per heavy atom. The minimum absolute atomic E-state index is 0.0504. The maximum Gasteiger partial charge on any atom is 0.230 e. The van der Waals surface area contributed by atoms with Gasteiger partial charge in [0.1, 0.15) is 16.5 Å². The summed E-state index contributed by atoms with van der Waals surface area (Å²) in [6, 6.07) is 17.1. The Labute approximate surface area is 181 Å². The highest BCUT2D eigenvalue weighted by Gasteiger charge is 2.12. The van der Waals surface area contributed by atoms with Crippen molar-refractivity contribution >= 4 is 17.7 Å². The molecule has 30 heavy (non-hydrogen) atoms. The van der Waals surface area contributed by atoms with Crippen LogP contribution in [0.15, 0.2) is 59.6 Å². The van der Waals surface area contributed by atoms with Gasteiger partial charge >= 0.3 is 0 Å². The van der Waals surface area contributed by atoms with Gasteiger partial charge in [0.25, 0.3) is 0 Å². The molecule has 6 nitrogen and oxygen atoms in total. The molecule has 1 atom stereocenters. The Morgan fingerprint density at radius 1 is 1.00 bits per heavy atom. The number of methoxy groups -OCH3 is 2. The Balaban J connectivity index is 1.61. The van der Waals surface area contributed by atoms with Gasteiger partial charge in [-0.2, -0.15) is 0 Å². The molecular weight excluding hydrogens is 398 g/mol. The molecule has 0 unspecified atom stereocenters. The summed E-state index contributed by atoms with van der Waals surface area (Å²) >= 11 is 1.39. The van der Waals surface area contributed by atoms with Crippen LogP contribution in [0.2, 0.25) is 0 Å². The Bertz CT molecular complexity index is 992. The molecule has 0 spiro atoms. The average Bonchev–Trinajstić information content (AvgIpc) is 2.77. The molecule has 0 saturated heterocycles. The van der Waals surface area contributed by atoms with Gasteiger partial charge in [0.05, 0.1) is 26.0 Å². The van der Waals surface area contributed by atoms with Crippen LogP contribution in [0.5, 0.6) is 11.5 Å². The third kappa shape index (κ3) is 5.73. The highest BCUT2D eigenvalue weighted by molar-refractivity contribution is 7.99. The molecule has 0 aliphatic carbocycles. The molecule has 1 aromatic heterocycles. The lowest BCUT2D eigenvalue weighted by molar-refractivity contribution is -0.119. The summed E-state index contributed by atoms with van der Waals surface area (Å²) in [6.07, 6.45) is 0. The number of rotatable bonds is 8. The zero-order valence-corrected chi connectivity index (χ0v) is 18.3. The van der Waals surface area contributed by atoms with Crippen molar-refractivity contribution in [2.45, 2.75) is 24.9 Å². The van der Waals surface area contributed by atoms with E-state index in [9.17, 15) is 4.79 Å². The van der Waals surface area contributed by atoms with E-state index in [4.69, 9.17) is 9.47 Å². The molecule has 3 rings (SSSR count). The number of hydrogen-bond acceptors (Lipinski definition) is 6. The van der Waals surface area contributed by atoms with Gasteiger partial charge in [-0.15, -0.1) is 0 Å². The van der Waals surface area contributed by atoms with E-state index in [0.717, 1.165) is 33.3 Å². The molecule has 1 amide bonds. The fraction of sp³-hybridized carbons (Fsp3) is 0.261. The fourth-order valence-corrected chi connectivity index (χ4v) is 3.65. The van der Waals surface area contributed by atoms with E-state index in [1.54, 1.807) is 14.2 Å². The number of aryl methyl sites for hydroxylation is 1. The highest BCUT2D eigenvalue weighted by atomic mass is 32.2. The maximum absolute atomic E-state index is 12.4. The highest BCUT2D eigenvalue weighted by Crippen LogP contribution is 2.24. The number of carbonyl (C=O) groups is 1. The number of thioether (sulfide) groups is 1. The predicted molar refractivity (Wildman–Crippen MR) is 119 cm³/mol. The molecule has 0 aliphatic heterocycles. The van der Waals surface area contributed by atoms with Crippen LogP contribution >= 0.6 is 11.8 Å². The summed E-state index contributed by atoms with van der Waals surface area (Å²) in [5, 5.41) is 3.78. The van der Waals surface area contributed by atoms with E-state index in [1.807, 2.05) is 68.4 Å². The van der Waals surface area contributed by atoms with Gasteiger partial charge < -0.3 is 14.8 Å². The van der Waals surface area contributed by atoms with Crippen molar-refractivity contribution in [1.82, 2.24) is 15.3 Å². The van der Waals surface area contributed by atoms with Gasteiger partial charge in [-0.05, 0) is 61.9 Å². The van der Waals surface area contributed by atoms with Crippen LogP contribution < -0.4 is 14.8 Å². The topological polar surface area (TPSA) is 73.3 Å². The Hall–Kier alpha value is -3.06. The van der Waals surface area contributed by atoms with Crippen molar-refractivity contribution in [3.63, 3.8) is 0 Å². The van der Waals surface area contributed by atoms with Crippen molar-refractivity contribution in [3.05, 3.63) is 65.9 Å². The summed E-state index contributed by atoms with van der Waals surface area (Å²) in [5.41, 5.74) is 2.78. The summed E-state index contributed by atoms with van der Waals surface area (Å²) in [6.45, 7) is 3.88. The number of hydrogen-bond donors (Lipinski definition) is 1. The van der Waals surface area contributed by atoms with Crippen LogP contribution in [0.3, 0.4) is 0 Å². The Morgan fingerprint density at radius 2 is 1.60 bits per heavy atom. The van der Waals surface area contributed by atoms with Crippen LogP contribution in [0.25, 0.3) is 11.4 Å². The van der Waals surface area contributed by atoms with E-state index in [0.29, 0.717) is 5.82 Å². The predicted octanol–water partition coefficient (Wildman–Crippen LogP) is 4.44. The lowest BCUT2D eigenvalue weighted by atomic mass is 10.1. The smallest absolute Gasteiger partial charge is 0.230 e. The second-order valence-electron chi connectivity index (χ2n) is 6.75. The van der Waals surface area contributed by atoms with Crippen molar-refractivity contribution in [3.8, 4) is 22.9 Å². The van der Waals surface area contributed by atoms with Gasteiger partial charge in [0.15, 0.2) is 5.82 Å². The second-order valence-corrected chi connectivity index (χ2v) is 7.75. The van der Waals surface area contributed by atoms with E-state index < -0.39 is 0 Å². The summed E-state index contributed by atoms with van der Waals surface area (Å²) in [5.74, 6) is 2.43. The third-order valence-electron chi connectivity index (χ3n) is 4.52. The average molecular weight is 424 g/mol. The van der Waals surface area contributed by atoms with Crippen LogP contribution in [0, 0.1) is 6.92 Å². The number of nitrogens with zero attached hydrogens (tertiary/aromatic N) is 2. The zero-order chi connectivity index (χ0) is 21.5. The monoisotopic (exact) mass is 423 g/mol. The summed E-state index contributed by atoms with van der Waals surface area (Å²) < 4.78 is 10.4. The van der Waals surface area contributed by atoms with Gasteiger partial charge in [-0.1, -0.05) is 23.9 Å². The molecule has 7 heteroatoms. The van der Waals surface area contributed by atoms with Crippen LogP contribution in [0.4, 0.5) is 0 Å². The molecule has 2 aromatic carbocycles. The number of benzene rings is 2. The molecule has 1 N–H and O–H groups in total. The van der Waals surface area contributed by atoms with Crippen molar-refractivity contribution in [2.75, 3.05) is 20.0 Å². The quantitative estimate of drug-likeness (QED) is 0.427. The molecule has 156 valence electrons. The molecule has 0 aliphatic rings. The number of amides is 1. The largest absolute Gasteiger partial charge is 0.497 e. The van der Waals surface area contributed by atoms with Gasteiger partial charge in [-0.3, -0.25) is 4.79 Å². The second kappa shape index (κ2) is 10.1. The van der Waals surface area contributed by atoms with Crippen molar-refractivity contribution in [2.24, 2.45) is 0 Å². The minimum atomic E-state index is -0.0917. The third-order valence-corrected chi connectivity index (χ3v) is 5.43. The lowest BCUT2D eigenvalue weighted by Gasteiger charge is -2.14. The molecule has 3 aromatic rings. The van der Waals surface area contributed by atoms with Crippen molar-refractivity contribution < 1.29 is 14.3 Å². The van der Waals surface area contributed by atoms with E-state index >= 15 is 0 Å². The SMILES string of the molecule is COc1ccc(-c2nc(C)cc(SCC(=O)N[C@@H](C)c3ccc(OC)cc3)n2)cc1. The summed E-state index contributed by atoms with van der Waals surface area (Å²) in [7, 11) is 3.26.